The number of rotatable bonds is 56. The molecule has 0 aromatic carbocycles. The maximum absolute atomic E-state index is 13.4. The Labute approximate surface area is 548 Å². The van der Waals surface area contributed by atoms with Crippen molar-refractivity contribution in [3.63, 3.8) is 0 Å². The highest BCUT2D eigenvalue weighted by Gasteiger charge is 2.53. The molecule has 3 fully saturated rings. The monoisotopic (exact) mass is 1300 g/mol. The molecule has 0 aliphatic carbocycles. The average molecular weight is 1300 g/mol. The van der Waals surface area contributed by atoms with Crippen LogP contribution in [0.4, 0.5) is 0 Å². The van der Waals surface area contributed by atoms with Gasteiger partial charge in [0.2, 0.25) is 5.91 Å². The number of allylic oxidation sites excluding steroid dienone is 8. The molecule has 91 heavy (non-hydrogen) atoms. The molecule has 0 saturated carbocycles. The Morgan fingerprint density at radius 3 is 1.19 bits per heavy atom. The number of ether oxygens (including phenoxy) is 6. The van der Waals surface area contributed by atoms with Crippen LogP contribution in [0.25, 0.3) is 0 Å². The van der Waals surface area contributed by atoms with Crippen molar-refractivity contribution >= 4 is 5.91 Å². The molecular formula is C72H131NO18. The molecule has 17 unspecified atom stereocenters. The summed E-state index contributed by atoms with van der Waals surface area (Å²) in [4.78, 5) is 13.4. The zero-order valence-electron chi connectivity index (χ0n) is 56.3. The fourth-order valence-corrected chi connectivity index (χ4v) is 12.3. The Morgan fingerprint density at radius 1 is 0.407 bits per heavy atom. The van der Waals surface area contributed by atoms with Gasteiger partial charge in [0, 0.05) is 6.42 Å². The minimum atomic E-state index is -1.98. The van der Waals surface area contributed by atoms with Gasteiger partial charge in [-0.2, -0.15) is 0 Å². The van der Waals surface area contributed by atoms with Crippen LogP contribution in [0, 0.1) is 0 Å². The zero-order chi connectivity index (χ0) is 66.1. The van der Waals surface area contributed by atoms with E-state index in [0.717, 1.165) is 89.9 Å². The molecule has 3 saturated heterocycles. The van der Waals surface area contributed by atoms with Crippen LogP contribution >= 0.6 is 0 Å². The summed E-state index contributed by atoms with van der Waals surface area (Å²) in [5, 5.41) is 121. The van der Waals surface area contributed by atoms with Crippen molar-refractivity contribution < 1.29 is 89.4 Å². The summed E-state index contributed by atoms with van der Waals surface area (Å²) in [6.45, 7) is 1.70. The van der Waals surface area contributed by atoms with Crippen molar-refractivity contribution in [2.45, 2.75) is 375 Å². The Bertz CT molecular complexity index is 1840. The molecule has 17 atom stereocenters. The van der Waals surface area contributed by atoms with Crippen LogP contribution in [0.5, 0.6) is 0 Å². The minimum absolute atomic E-state index is 0.249. The van der Waals surface area contributed by atoms with Crippen LogP contribution in [-0.2, 0) is 33.2 Å². The molecule has 12 N–H and O–H groups in total. The topological polar surface area (TPSA) is 307 Å². The van der Waals surface area contributed by atoms with E-state index in [0.29, 0.717) is 12.8 Å². The predicted molar refractivity (Wildman–Crippen MR) is 356 cm³/mol. The summed E-state index contributed by atoms with van der Waals surface area (Å²) in [6, 6.07) is -0.898. The first-order valence-electron chi connectivity index (χ1n) is 36.4. The third-order valence-corrected chi connectivity index (χ3v) is 18.2. The summed E-state index contributed by atoms with van der Waals surface area (Å²) in [7, 11) is 0. The lowest BCUT2D eigenvalue weighted by molar-refractivity contribution is -0.379. The van der Waals surface area contributed by atoms with E-state index in [1.807, 2.05) is 0 Å². The fourth-order valence-electron chi connectivity index (χ4n) is 12.3. The highest BCUT2D eigenvalue weighted by molar-refractivity contribution is 5.76. The molecule has 0 spiro atoms. The number of unbranched alkanes of at least 4 members (excludes halogenated alkanes) is 32. The van der Waals surface area contributed by atoms with E-state index in [1.54, 1.807) is 0 Å². The van der Waals surface area contributed by atoms with E-state index >= 15 is 0 Å². The van der Waals surface area contributed by atoms with Crippen LogP contribution in [0.1, 0.15) is 271 Å². The maximum Gasteiger partial charge on any atom is 0.220 e. The van der Waals surface area contributed by atoms with Gasteiger partial charge in [0.15, 0.2) is 18.9 Å². The van der Waals surface area contributed by atoms with Gasteiger partial charge in [-0.1, -0.05) is 262 Å². The van der Waals surface area contributed by atoms with Crippen LogP contribution < -0.4 is 5.32 Å². The van der Waals surface area contributed by atoms with E-state index in [2.05, 4.69) is 67.8 Å². The van der Waals surface area contributed by atoms with E-state index in [9.17, 15) is 61.0 Å². The van der Waals surface area contributed by atoms with E-state index in [4.69, 9.17) is 28.4 Å². The molecule has 0 bridgehead atoms. The van der Waals surface area contributed by atoms with E-state index < -0.39 is 124 Å². The van der Waals surface area contributed by atoms with Crippen molar-refractivity contribution in [3.05, 3.63) is 48.6 Å². The standard InChI is InChI=1S/C72H131NO18/c1-3-5-7-9-11-13-15-17-19-21-23-24-25-26-27-28-29-30-32-33-35-37-39-41-43-45-47-49-56(77)55(73-60(78)50-48-46-44-42-40-38-36-34-31-22-20-18-16-14-12-10-8-6-4-2)54-86-70-66(84)63(81)68(58(52-75)88-70)91-72-67(85)64(82)69(59(53-76)89-72)90-71-65(83)62(80)61(79)57(51-74)87-71/h6,8,12,14,18,20,31,34,55-59,61-72,74-77,79-85H,3-5,7,9-11,13,15-17,19,21-30,32-33,35-54H2,1-2H3,(H,73,78)/b8-6-,14-12-,20-18-,34-31-. The van der Waals surface area contributed by atoms with E-state index in [-0.39, 0.29) is 18.9 Å². The third-order valence-electron chi connectivity index (χ3n) is 18.2. The predicted octanol–water partition coefficient (Wildman–Crippen LogP) is 10.2. The summed E-state index contributed by atoms with van der Waals surface area (Å²) >= 11 is 0. The van der Waals surface area contributed by atoms with Gasteiger partial charge in [-0.3, -0.25) is 4.79 Å². The van der Waals surface area contributed by atoms with Gasteiger partial charge in [0.05, 0.1) is 38.6 Å². The molecule has 0 aromatic rings. The maximum atomic E-state index is 13.4. The minimum Gasteiger partial charge on any atom is -0.394 e. The lowest BCUT2D eigenvalue weighted by atomic mass is 9.96. The number of hydrogen-bond acceptors (Lipinski definition) is 18. The molecule has 1 amide bonds. The molecule has 19 nitrogen and oxygen atoms in total. The average Bonchev–Trinajstić information content (AvgIpc) is 0.886. The first-order chi connectivity index (χ1) is 44.3. The molecule has 532 valence electrons. The van der Waals surface area contributed by atoms with Crippen molar-refractivity contribution in [2.24, 2.45) is 0 Å². The summed E-state index contributed by atoms with van der Waals surface area (Å²) in [5.41, 5.74) is 0. The van der Waals surface area contributed by atoms with Crippen LogP contribution in [0.15, 0.2) is 48.6 Å². The van der Waals surface area contributed by atoms with Gasteiger partial charge in [-0.15, -0.1) is 0 Å². The first kappa shape index (κ1) is 83.0. The SMILES string of the molecule is CC/C=C\C/C=C\C/C=C\C/C=C\CCCCCCCCC(=O)NC(COC1OC(CO)C(OC2OC(CO)C(OC3OC(CO)C(O)C(O)C3O)C(O)C2O)C(O)C1O)C(O)CCCCCCCCCCCCCCCCCCCCCCCCCCCCC. The number of aliphatic hydroxyl groups is 11. The molecule has 19 heteroatoms. The highest BCUT2D eigenvalue weighted by Crippen LogP contribution is 2.33. The highest BCUT2D eigenvalue weighted by atomic mass is 16.8. The molecular weight excluding hydrogens is 1170 g/mol. The van der Waals surface area contributed by atoms with Crippen molar-refractivity contribution in [1.29, 1.82) is 0 Å². The second-order valence-corrected chi connectivity index (χ2v) is 26.0. The summed E-state index contributed by atoms with van der Waals surface area (Å²) < 4.78 is 34.4. The number of hydrogen-bond donors (Lipinski definition) is 12. The molecule has 3 rings (SSSR count). The Hall–Kier alpha value is -2.25. The first-order valence-corrected chi connectivity index (χ1v) is 36.4. The van der Waals surface area contributed by atoms with Gasteiger partial charge in [0.25, 0.3) is 0 Å². The number of nitrogens with one attached hydrogen (secondary N) is 1. The zero-order valence-corrected chi connectivity index (χ0v) is 56.3. The number of carbonyl (C=O) groups is 1. The molecule has 0 radical (unpaired) electrons. The molecule has 3 aliphatic rings. The van der Waals surface area contributed by atoms with Gasteiger partial charge in [-0.25, -0.2) is 0 Å². The lowest BCUT2D eigenvalue weighted by Gasteiger charge is -2.48. The fraction of sp³-hybridized carbons (Fsp3) is 0.875. The number of carbonyl (C=O) groups excluding carboxylic acids is 1. The van der Waals surface area contributed by atoms with Crippen molar-refractivity contribution in [3.8, 4) is 0 Å². The quantitative estimate of drug-likeness (QED) is 0.0199. The lowest BCUT2D eigenvalue weighted by Crippen LogP contribution is -2.66. The molecule has 0 aromatic heterocycles. The molecule has 3 heterocycles. The summed E-state index contributed by atoms with van der Waals surface area (Å²) in [5.74, 6) is -0.255. The van der Waals surface area contributed by atoms with Gasteiger partial charge < -0.3 is 89.9 Å². The largest absolute Gasteiger partial charge is 0.394 e. The Morgan fingerprint density at radius 2 is 0.758 bits per heavy atom. The smallest absolute Gasteiger partial charge is 0.220 e. The second kappa shape index (κ2) is 53.8. The summed E-state index contributed by atoms with van der Waals surface area (Å²) in [6.07, 6.45) is 37.6. The van der Waals surface area contributed by atoms with Gasteiger partial charge in [0.1, 0.15) is 73.2 Å². The van der Waals surface area contributed by atoms with Crippen LogP contribution in [0.2, 0.25) is 0 Å². The van der Waals surface area contributed by atoms with Gasteiger partial charge >= 0.3 is 0 Å². The molecule has 3 aliphatic heterocycles. The van der Waals surface area contributed by atoms with Gasteiger partial charge in [-0.05, 0) is 51.4 Å². The third kappa shape index (κ3) is 35.5. The number of amides is 1. The van der Waals surface area contributed by atoms with Crippen LogP contribution in [0.3, 0.4) is 0 Å². The van der Waals surface area contributed by atoms with E-state index in [1.165, 1.54) is 148 Å². The normalized spacial score (nSPS) is 28.1. The van der Waals surface area contributed by atoms with Crippen molar-refractivity contribution in [2.75, 3.05) is 26.4 Å². The Balaban J connectivity index is 1.41. The Kier molecular flexibility index (Phi) is 49.1. The van der Waals surface area contributed by atoms with Crippen LogP contribution in [-0.4, -0.2) is 193 Å². The number of aliphatic hydroxyl groups excluding tert-OH is 11. The second-order valence-electron chi connectivity index (χ2n) is 26.0. The van der Waals surface area contributed by atoms with Crippen molar-refractivity contribution in [1.82, 2.24) is 5.32 Å².